The molecule has 3 atom stereocenters. The molecule has 0 fully saturated rings. The standard InChI is InChI=1S/C45H91N2O6P/c1-6-8-10-12-14-16-18-19-20-21-22-23-24-25-26-27-29-31-33-35-37-39-45(49)46-43(42-53-54(50,51)52-41-40-47(3,4)5)44(48)38-36-34-32-30-28-17-15-13-11-9-7-2/h36,38,43-44,48H,6-35,37,39-42H2,1-5H3,(H-,46,49,50,51)/p+1/b38-36+. The van der Waals surface area contributed by atoms with Crippen molar-refractivity contribution < 1.29 is 32.9 Å². The molecule has 0 aromatic carbocycles. The molecule has 3 N–H and O–H groups in total. The summed E-state index contributed by atoms with van der Waals surface area (Å²) >= 11 is 0. The molecule has 0 spiro atoms. The molecule has 0 aromatic rings. The molecule has 3 unspecified atom stereocenters. The van der Waals surface area contributed by atoms with Crippen molar-refractivity contribution in [2.45, 2.75) is 231 Å². The number of carbonyl (C=O) groups excluding carboxylic acids is 1. The maximum Gasteiger partial charge on any atom is 0.472 e. The predicted molar refractivity (Wildman–Crippen MR) is 231 cm³/mol. The van der Waals surface area contributed by atoms with Gasteiger partial charge in [0.25, 0.3) is 0 Å². The van der Waals surface area contributed by atoms with Gasteiger partial charge in [0.05, 0.1) is 39.9 Å². The largest absolute Gasteiger partial charge is 0.472 e. The second-order valence-electron chi connectivity index (χ2n) is 17.1. The molecule has 9 heteroatoms. The van der Waals surface area contributed by atoms with Crippen LogP contribution in [0, 0.1) is 0 Å². The first-order chi connectivity index (χ1) is 26.0. The van der Waals surface area contributed by atoms with E-state index >= 15 is 0 Å². The first-order valence-electron chi connectivity index (χ1n) is 23.1. The zero-order chi connectivity index (χ0) is 40.0. The van der Waals surface area contributed by atoms with Gasteiger partial charge < -0.3 is 19.8 Å². The SMILES string of the molecule is CCCCCCCCCCC/C=C/C(O)C(COP(=O)(O)OCC[N+](C)(C)C)NC(=O)CCCCCCCCCCCCCCCCCCCCCCC. The lowest BCUT2D eigenvalue weighted by molar-refractivity contribution is -0.870. The summed E-state index contributed by atoms with van der Waals surface area (Å²) in [6, 6.07) is -0.839. The van der Waals surface area contributed by atoms with E-state index in [1.54, 1.807) is 6.08 Å². The van der Waals surface area contributed by atoms with Crippen molar-refractivity contribution >= 4 is 13.7 Å². The van der Waals surface area contributed by atoms with Crippen molar-refractivity contribution in [3.8, 4) is 0 Å². The number of likely N-dealkylation sites (N-methyl/N-ethyl adjacent to an activating group) is 1. The van der Waals surface area contributed by atoms with Gasteiger partial charge in [0.2, 0.25) is 5.91 Å². The number of rotatable bonds is 42. The maximum absolute atomic E-state index is 12.9. The van der Waals surface area contributed by atoms with Crippen LogP contribution >= 0.6 is 7.82 Å². The number of nitrogens with zero attached hydrogens (tertiary/aromatic N) is 1. The normalized spacial score (nSPS) is 14.4. The topological polar surface area (TPSA) is 105 Å². The highest BCUT2D eigenvalue weighted by Gasteiger charge is 2.27. The van der Waals surface area contributed by atoms with Gasteiger partial charge >= 0.3 is 7.82 Å². The fraction of sp³-hybridized carbons (Fsp3) is 0.933. The van der Waals surface area contributed by atoms with Crippen molar-refractivity contribution in [1.29, 1.82) is 0 Å². The summed E-state index contributed by atoms with van der Waals surface area (Å²) in [6.07, 6.45) is 42.8. The van der Waals surface area contributed by atoms with Crippen molar-refractivity contribution in [3.05, 3.63) is 12.2 Å². The molecule has 0 heterocycles. The summed E-state index contributed by atoms with van der Waals surface area (Å²) in [5.41, 5.74) is 0. The molecule has 0 saturated heterocycles. The average molecular weight is 788 g/mol. The van der Waals surface area contributed by atoms with Crippen LogP contribution in [0.5, 0.6) is 0 Å². The summed E-state index contributed by atoms with van der Waals surface area (Å²) < 4.78 is 23.5. The van der Waals surface area contributed by atoms with Crippen LogP contribution in [0.25, 0.3) is 0 Å². The molecular formula is C45H92N2O6P+. The van der Waals surface area contributed by atoms with E-state index in [1.165, 1.54) is 161 Å². The molecule has 0 radical (unpaired) electrons. The predicted octanol–water partition coefficient (Wildman–Crippen LogP) is 12.8. The zero-order valence-electron chi connectivity index (χ0n) is 36.5. The Kier molecular flexibility index (Phi) is 37.3. The summed E-state index contributed by atoms with van der Waals surface area (Å²) in [7, 11) is 1.58. The lowest BCUT2D eigenvalue weighted by atomic mass is 10.0. The number of nitrogens with one attached hydrogen (secondary N) is 1. The second-order valence-corrected chi connectivity index (χ2v) is 18.6. The Hall–Kier alpha value is -0.760. The Morgan fingerprint density at radius 3 is 1.37 bits per heavy atom. The van der Waals surface area contributed by atoms with Gasteiger partial charge in [0.1, 0.15) is 13.2 Å². The quantitative estimate of drug-likeness (QED) is 0.0246. The van der Waals surface area contributed by atoms with Gasteiger partial charge in [-0.05, 0) is 19.3 Å². The Balaban J connectivity index is 4.25. The van der Waals surface area contributed by atoms with Crippen LogP contribution in [-0.4, -0.2) is 73.4 Å². The molecule has 0 aliphatic heterocycles. The minimum Gasteiger partial charge on any atom is -0.387 e. The molecule has 54 heavy (non-hydrogen) atoms. The number of unbranched alkanes of at least 4 members (excludes halogenated alkanes) is 29. The monoisotopic (exact) mass is 788 g/mol. The number of carbonyl (C=O) groups is 1. The molecular weight excluding hydrogens is 695 g/mol. The van der Waals surface area contributed by atoms with Crippen molar-refractivity contribution in [1.82, 2.24) is 5.32 Å². The Bertz CT molecular complexity index is 896. The van der Waals surface area contributed by atoms with E-state index in [0.717, 1.165) is 38.5 Å². The lowest BCUT2D eigenvalue weighted by Gasteiger charge is -2.25. The third-order valence-electron chi connectivity index (χ3n) is 10.5. The van der Waals surface area contributed by atoms with Crippen LogP contribution in [0.2, 0.25) is 0 Å². The van der Waals surface area contributed by atoms with Crippen molar-refractivity contribution in [2.75, 3.05) is 40.9 Å². The van der Waals surface area contributed by atoms with Crippen molar-refractivity contribution in [2.24, 2.45) is 0 Å². The maximum atomic E-state index is 12.9. The zero-order valence-corrected chi connectivity index (χ0v) is 37.4. The Labute approximate surface area is 335 Å². The van der Waals surface area contributed by atoms with Gasteiger partial charge in [-0.15, -0.1) is 0 Å². The number of hydrogen-bond donors (Lipinski definition) is 3. The smallest absolute Gasteiger partial charge is 0.387 e. The van der Waals surface area contributed by atoms with Gasteiger partial charge in [-0.2, -0.15) is 0 Å². The van der Waals surface area contributed by atoms with E-state index < -0.39 is 20.0 Å². The summed E-state index contributed by atoms with van der Waals surface area (Å²) in [5, 5.41) is 13.8. The molecule has 0 aliphatic rings. The van der Waals surface area contributed by atoms with E-state index in [0.29, 0.717) is 17.4 Å². The number of hydrogen-bond acceptors (Lipinski definition) is 5. The van der Waals surface area contributed by atoms with Gasteiger partial charge in [-0.1, -0.05) is 206 Å². The Morgan fingerprint density at radius 2 is 0.981 bits per heavy atom. The second kappa shape index (κ2) is 37.8. The number of quaternary nitrogens is 1. The van der Waals surface area contributed by atoms with E-state index in [9.17, 15) is 19.4 Å². The first kappa shape index (κ1) is 53.2. The average Bonchev–Trinajstić information content (AvgIpc) is 3.12. The Morgan fingerprint density at radius 1 is 0.611 bits per heavy atom. The molecule has 0 rings (SSSR count). The molecule has 0 saturated carbocycles. The molecule has 0 aromatic heterocycles. The van der Waals surface area contributed by atoms with E-state index in [1.807, 2.05) is 27.2 Å². The van der Waals surface area contributed by atoms with E-state index in [-0.39, 0.29) is 19.1 Å². The number of phosphoric acid groups is 1. The van der Waals surface area contributed by atoms with E-state index in [2.05, 4.69) is 19.2 Å². The number of amides is 1. The first-order valence-corrected chi connectivity index (χ1v) is 24.6. The van der Waals surface area contributed by atoms with Crippen LogP contribution in [0.4, 0.5) is 0 Å². The number of aliphatic hydroxyl groups is 1. The molecule has 1 amide bonds. The van der Waals surface area contributed by atoms with Gasteiger partial charge in [0, 0.05) is 6.42 Å². The highest BCUT2D eigenvalue weighted by molar-refractivity contribution is 7.47. The number of aliphatic hydroxyl groups excluding tert-OH is 1. The highest BCUT2D eigenvalue weighted by atomic mass is 31.2. The van der Waals surface area contributed by atoms with Gasteiger partial charge in [-0.25, -0.2) is 4.57 Å². The molecule has 0 aliphatic carbocycles. The lowest BCUT2D eigenvalue weighted by Crippen LogP contribution is -2.45. The van der Waals surface area contributed by atoms with E-state index in [4.69, 9.17) is 9.05 Å². The minimum absolute atomic E-state index is 0.0645. The third-order valence-corrected chi connectivity index (χ3v) is 11.5. The van der Waals surface area contributed by atoms with Crippen LogP contribution < -0.4 is 5.32 Å². The minimum atomic E-state index is -4.33. The van der Waals surface area contributed by atoms with Crippen molar-refractivity contribution in [3.63, 3.8) is 0 Å². The number of allylic oxidation sites excluding steroid dienone is 1. The fourth-order valence-corrected chi connectivity index (χ4v) is 7.54. The van der Waals surface area contributed by atoms with Gasteiger partial charge in [0.15, 0.2) is 0 Å². The number of phosphoric ester groups is 1. The van der Waals surface area contributed by atoms with Crippen LogP contribution in [0.15, 0.2) is 12.2 Å². The summed E-state index contributed by atoms with van der Waals surface area (Å²) in [5.74, 6) is -0.175. The summed E-state index contributed by atoms with van der Waals surface area (Å²) in [6.45, 7) is 4.82. The highest BCUT2D eigenvalue weighted by Crippen LogP contribution is 2.43. The molecule has 322 valence electrons. The van der Waals surface area contributed by atoms with Gasteiger partial charge in [-0.3, -0.25) is 13.8 Å². The molecule has 8 nitrogen and oxygen atoms in total. The van der Waals surface area contributed by atoms with Crippen LogP contribution in [0.3, 0.4) is 0 Å². The molecule has 0 bridgehead atoms. The third kappa shape index (κ3) is 39.5. The fourth-order valence-electron chi connectivity index (χ4n) is 6.81. The van der Waals surface area contributed by atoms with Crippen LogP contribution in [0.1, 0.15) is 219 Å². The summed E-state index contributed by atoms with van der Waals surface area (Å²) in [4.78, 5) is 23.1. The van der Waals surface area contributed by atoms with Crippen LogP contribution in [-0.2, 0) is 18.4 Å².